The number of nitrogens with two attached hydrogens (primary N) is 1. The highest BCUT2D eigenvalue weighted by atomic mass is 32.2. The van der Waals surface area contributed by atoms with Gasteiger partial charge in [-0.1, -0.05) is 18.2 Å². The van der Waals surface area contributed by atoms with E-state index in [1.807, 2.05) is 0 Å². The van der Waals surface area contributed by atoms with Gasteiger partial charge in [-0.05, 0) is 24.2 Å². The number of carbonyl (C=O) groups is 1. The Morgan fingerprint density at radius 3 is 2.24 bits per heavy atom. The van der Waals surface area contributed by atoms with Gasteiger partial charge in [-0.3, -0.25) is 9.35 Å². The first-order valence-corrected chi connectivity index (χ1v) is 7.67. The Morgan fingerprint density at radius 1 is 1.29 bits per heavy atom. The molecule has 0 aromatic rings. The summed E-state index contributed by atoms with van der Waals surface area (Å²) in [5.41, 5.74) is 0.863. The van der Waals surface area contributed by atoms with Gasteiger partial charge in [0.2, 0.25) is 0 Å². The quantitative estimate of drug-likeness (QED) is 0.430. The minimum absolute atomic E-state index is 0.258. The van der Waals surface area contributed by atoms with Crippen molar-refractivity contribution in [3.8, 4) is 0 Å². The van der Waals surface area contributed by atoms with E-state index in [9.17, 15) is 18.0 Å². The Hall–Kier alpha value is -1.19. The highest BCUT2D eigenvalue weighted by molar-refractivity contribution is 7.86. The Labute approximate surface area is 119 Å². The number of hydrogen-bond donors (Lipinski definition) is 2. The number of carbonyl (C=O) groups excluding carboxylic acids is 1. The van der Waals surface area contributed by atoms with E-state index in [-0.39, 0.29) is 5.92 Å². The van der Waals surface area contributed by atoms with Crippen LogP contribution in [0.3, 0.4) is 0 Å². The van der Waals surface area contributed by atoms with Crippen LogP contribution >= 0.6 is 0 Å². The molecule has 3 aliphatic carbocycles. The largest absolute Gasteiger partial charge is 0.522 e. The first kappa shape index (κ1) is 16.2. The van der Waals surface area contributed by atoms with Crippen LogP contribution in [0.2, 0.25) is 0 Å². The van der Waals surface area contributed by atoms with E-state index in [0.29, 0.717) is 30.1 Å². The lowest BCUT2D eigenvalue weighted by Crippen LogP contribution is -2.22. The number of Topliss-reactive ketones (excluding diaryl/α,β-unsaturated/α-hetero) is 1. The van der Waals surface area contributed by atoms with Crippen molar-refractivity contribution >= 4 is 15.9 Å². The highest BCUT2D eigenvalue weighted by Crippen LogP contribution is 2.52. The number of allylic oxidation sites excluding steroid dienone is 3. The number of ketones is 1. The molecule has 3 N–H and O–H groups in total. The number of halogens is 3. The van der Waals surface area contributed by atoms with Crippen LogP contribution in [0.1, 0.15) is 6.42 Å². The van der Waals surface area contributed by atoms with Gasteiger partial charge in [-0.2, -0.15) is 21.6 Å². The molecule has 2 bridgehead atoms. The lowest BCUT2D eigenvalue weighted by atomic mass is 9.85. The van der Waals surface area contributed by atoms with Gasteiger partial charge >= 0.3 is 15.6 Å². The molecule has 1 saturated carbocycles. The van der Waals surface area contributed by atoms with Crippen LogP contribution in [0.25, 0.3) is 0 Å². The van der Waals surface area contributed by atoms with Gasteiger partial charge in [-0.15, -0.1) is 0 Å². The fourth-order valence-corrected chi connectivity index (χ4v) is 3.15. The summed E-state index contributed by atoms with van der Waals surface area (Å²) in [7, 11) is -5.84. The summed E-state index contributed by atoms with van der Waals surface area (Å²) in [5, 5.41) is 0. The van der Waals surface area contributed by atoms with Crippen molar-refractivity contribution in [3.63, 3.8) is 0 Å². The molecule has 3 aliphatic rings. The smallest absolute Gasteiger partial charge is 0.326 e. The lowest BCUT2D eigenvalue weighted by molar-refractivity contribution is -0.119. The number of fused-ring (bicyclic) bond motifs is 5. The molecule has 21 heavy (non-hydrogen) atoms. The van der Waals surface area contributed by atoms with E-state index < -0.39 is 15.6 Å². The molecule has 0 aromatic carbocycles. The van der Waals surface area contributed by atoms with Crippen LogP contribution in [0.15, 0.2) is 23.8 Å². The molecule has 0 saturated heterocycles. The summed E-state index contributed by atoms with van der Waals surface area (Å²) in [6, 6.07) is 0. The summed E-state index contributed by atoms with van der Waals surface area (Å²) in [4.78, 5) is 11.8. The molecule has 0 aliphatic heterocycles. The lowest BCUT2D eigenvalue weighted by Gasteiger charge is -2.17. The minimum atomic E-state index is -5.84. The zero-order valence-corrected chi connectivity index (χ0v) is 11.6. The van der Waals surface area contributed by atoms with Gasteiger partial charge in [0.1, 0.15) is 0 Å². The minimum Gasteiger partial charge on any atom is -0.326 e. The maximum Gasteiger partial charge on any atom is 0.522 e. The summed E-state index contributed by atoms with van der Waals surface area (Å²) in [6.07, 6.45) is 7.81. The van der Waals surface area contributed by atoms with E-state index in [4.69, 9.17) is 18.7 Å². The average molecular weight is 325 g/mol. The second kappa shape index (κ2) is 5.22. The van der Waals surface area contributed by atoms with Crippen LogP contribution in [-0.4, -0.2) is 30.8 Å². The third-order valence-electron chi connectivity index (χ3n) is 4.05. The molecule has 9 heteroatoms. The molecule has 3 rings (SSSR count). The molecule has 0 aromatic heterocycles. The van der Waals surface area contributed by atoms with E-state index >= 15 is 0 Å². The third kappa shape index (κ3) is 2.90. The topological polar surface area (TPSA) is 97.5 Å². The van der Waals surface area contributed by atoms with E-state index in [1.54, 1.807) is 0 Å². The van der Waals surface area contributed by atoms with Crippen molar-refractivity contribution in [3.05, 3.63) is 23.8 Å². The van der Waals surface area contributed by atoms with E-state index in [0.717, 1.165) is 5.57 Å². The number of hydrogen-bond acceptors (Lipinski definition) is 4. The van der Waals surface area contributed by atoms with Crippen molar-refractivity contribution in [2.75, 3.05) is 6.54 Å². The summed E-state index contributed by atoms with van der Waals surface area (Å²) in [6.45, 7) is 0.422. The Balaban J connectivity index is 0.000000177. The molecule has 0 heterocycles. The SMILES string of the molecule is NCC1=C[C@@H]2[C@H](C1=O)[C@H]1C=C[C@@H]2C1.O=S(=O)(O)C(F)(F)F. The van der Waals surface area contributed by atoms with Crippen LogP contribution in [-0.2, 0) is 14.9 Å². The molecule has 0 radical (unpaired) electrons. The van der Waals surface area contributed by atoms with Crippen molar-refractivity contribution in [1.29, 1.82) is 0 Å². The van der Waals surface area contributed by atoms with Crippen LogP contribution in [0, 0.1) is 23.7 Å². The maximum atomic E-state index is 11.8. The zero-order valence-electron chi connectivity index (χ0n) is 10.7. The Bertz CT molecular complexity index is 608. The summed E-state index contributed by atoms with van der Waals surface area (Å²) < 4.78 is 57.5. The summed E-state index contributed by atoms with van der Waals surface area (Å²) >= 11 is 0. The van der Waals surface area contributed by atoms with Crippen LogP contribution < -0.4 is 5.73 Å². The van der Waals surface area contributed by atoms with Crippen LogP contribution in [0.4, 0.5) is 13.2 Å². The fraction of sp³-hybridized carbons (Fsp3) is 0.583. The standard InChI is InChI=1S/C11H13NO.CHF3O3S/c12-5-8-4-9-6-1-2-7(3-6)10(9)11(8)13;2-1(3,4)8(5,6)7/h1-2,4,6-7,9-10H,3,5,12H2;(H,5,6,7)/t6-,7+,9+,10-;/m1./s1. The first-order valence-electron chi connectivity index (χ1n) is 6.23. The molecule has 0 spiro atoms. The Morgan fingerprint density at radius 2 is 1.81 bits per heavy atom. The summed E-state index contributed by atoms with van der Waals surface area (Å²) in [5.74, 6) is 2.21. The van der Waals surface area contributed by atoms with Crippen molar-refractivity contribution in [2.24, 2.45) is 29.4 Å². The predicted molar refractivity (Wildman–Crippen MR) is 67.5 cm³/mol. The van der Waals surface area contributed by atoms with Gasteiger partial charge in [0, 0.05) is 18.0 Å². The molecule has 118 valence electrons. The normalized spacial score (nSPS) is 33.6. The van der Waals surface area contributed by atoms with E-state index in [1.165, 1.54) is 6.42 Å². The van der Waals surface area contributed by atoms with Gasteiger partial charge in [0.25, 0.3) is 0 Å². The van der Waals surface area contributed by atoms with E-state index in [2.05, 4.69) is 18.2 Å². The van der Waals surface area contributed by atoms with Crippen molar-refractivity contribution in [2.45, 2.75) is 11.9 Å². The molecule has 0 unspecified atom stereocenters. The highest BCUT2D eigenvalue weighted by Gasteiger charge is 2.50. The molecule has 5 nitrogen and oxygen atoms in total. The van der Waals surface area contributed by atoms with Gasteiger partial charge in [-0.25, -0.2) is 0 Å². The zero-order chi connectivity index (χ0) is 16.0. The van der Waals surface area contributed by atoms with Gasteiger partial charge < -0.3 is 5.73 Å². The van der Waals surface area contributed by atoms with Gasteiger partial charge in [0.05, 0.1) is 0 Å². The number of alkyl halides is 3. The maximum absolute atomic E-state index is 11.8. The fourth-order valence-electron chi connectivity index (χ4n) is 3.15. The molecule has 4 atom stereocenters. The molecular formula is C12H14F3NO4S. The molecule has 1 fully saturated rings. The second-order valence-electron chi connectivity index (χ2n) is 5.23. The predicted octanol–water partition coefficient (Wildman–Crippen LogP) is 1.29. The second-order valence-corrected chi connectivity index (χ2v) is 6.65. The average Bonchev–Trinajstić information content (AvgIpc) is 2.99. The third-order valence-corrected chi connectivity index (χ3v) is 4.63. The van der Waals surface area contributed by atoms with Gasteiger partial charge in [0.15, 0.2) is 5.78 Å². The Kier molecular flexibility index (Phi) is 4.02. The molecule has 0 amide bonds. The first-order chi connectivity index (χ1) is 9.56. The van der Waals surface area contributed by atoms with Crippen molar-refractivity contribution in [1.82, 2.24) is 0 Å². The number of rotatable bonds is 1. The monoisotopic (exact) mass is 325 g/mol. The van der Waals surface area contributed by atoms with Crippen molar-refractivity contribution < 1.29 is 30.9 Å². The molecular weight excluding hydrogens is 311 g/mol. The van der Waals surface area contributed by atoms with Crippen LogP contribution in [0.5, 0.6) is 0 Å².